The van der Waals surface area contributed by atoms with E-state index < -0.39 is 0 Å². The fourth-order valence-electron chi connectivity index (χ4n) is 1.92. The van der Waals surface area contributed by atoms with Crippen LogP contribution in [0.25, 0.3) is 10.9 Å². The van der Waals surface area contributed by atoms with Crippen LogP contribution in [-0.2, 0) is 0 Å². The molecular formula is C13H20N4S. The lowest BCUT2D eigenvalue weighted by molar-refractivity contribution is 0.847. The van der Waals surface area contributed by atoms with E-state index in [1.54, 1.807) is 11.3 Å². The highest BCUT2D eigenvalue weighted by atomic mass is 32.1. The number of hydrogen-bond donors (Lipinski definition) is 1. The standard InChI is InChI=1S/C13H20N4S/c1-4-7-14-13-15-11-9-18-8-10(11)12(16-13)17(5-2)6-3/h8-9H,4-7H2,1-3H3,(H,14,15). The molecule has 0 aliphatic carbocycles. The average Bonchev–Trinajstić information content (AvgIpc) is 2.86. The predicted molar refractivity (Wildman–Crippen MR) is 79.8 cm³/mol. The zero-order valence-corrected chi connectivity index (χ0v) is 12.0. The summed E-state index contributed by atoms with van der Waals surface area (Å²) >= 11 is 1.68. The van der Waals surface area contributed by atoms with E-state index in [1.807, 2.05) is 0 Å². The van der Waals surface area contributed by atoms with Crippen LogP contribution in [0.1, 0.15) is 27.2 Å². The van der Waals surface area contributed by atoms with Gasteiger partial charge in [-0.3, -0.25) is 0 Å². The first-order valence-electron chi connectivity index (χ1n) is 6.52. The van der Waals surface area contributed by atoms with Crippen LogP contribution in [0, 0.1) is 0 Å². The van der Waals surface area contributed by atoms with Crippen molar-refractivity contribution in [1.82, 2.24) is 9.97 Å². The molecule has 0 aliphatic rings. The Balaban J connectivity index is 2.44. The molecule has 0 radical (unpaired) electrons. The number of anilines is 2. The van der Waals surface area contributed by atoms with Crippen LogP contribution in [0.15, 0.2) is 10.8 Å². The van der Waals surface area contributed by atoms with Crippen LogP contribution < -0.4 is 10.2 Å². The lowest BCUT2D eigenvalue weighted by Gasteiger charge is -2.21. The van der Waals surface area contributed by atoms with Crippen molar-refractivity contribution in [2.45, 2.75) is 27.2 Å². The van der Waals surface area contributed by atoms with Crippen molar-refractivity contribution in [2.24, 2.45) is 0 Å². The molecule has 0 aromatic carbocycles. The van der Waals surface area contributed by atoms with Crippen LogP contribution in [0.4, 0.5) is 11.8 Å². The van der Waals surface area contributed by atoms with Gasteiger partial charge in [0.05, 0.1) is 10.9 Å². The molecule has 0 saturated carbocycles. The second-order valence-corrected chi connectivity index (χ2v) is 4.88. The van der Waals surface area contributed by atoms with Gasteiger partial charge in [-0.15, -0.1) is 11.3 Å². The fraction of sp³-hybridized carbons (Fsp3) is 0.538. The number of nitrogens with zero attached hydrogens (tertiary/aromatic N) is 3. The van der Waals surface area contributed by atoms with Crippen molar-refractivity contribution >= 4 is 34.0 Å². The van der Waals surface area contributed by atoms with E-state index in [0.29, 0.717) is 0 Å². The van der Waals surface area contributed by atoms with Crippen LogP contribution in [-0.4, -0.2) is 29.6 Å². The molecule has 0 bridgehead atoms. The Morgan fingerprint density at radius 3 is 2.61 bits per heavy atom. The van der Waals surface area contributed by atoms with Crippen LogP contribution in [0.3, 0.4) is 0 Å². The molecule has 18 heavy (non-hydrogen) atoms. The Morgan fingerprint density at radius 2 is 1.94 bits per heavy atom. The highest BCUT2D eigenvalue weighted by molar-refractivity contribution is 7.09. The number of hydrogen-bond acceptors (Lipinski definition) is 5. The molecule has 0 unspecified atom stereocenters. The van der Waals surface area contributed by atoms with E-state index in [-0.39, 0.29) is 0 Å². The van der Waals surface area contributed by atoms with Crippen molar-refractivity contribution in [3.05, 3.63) is 10.8 Å². The van der Waals surface area contributed by atoms with Crippen LogP contribution >= 0.6 is 11.3 Å². The third kappa shape index (κ3) is 2.56. The van der Waals surface area contributed by atoms with E-state index in [9.17, 15) is 0 Å². The van der Waals surface area contributed by atoms with Gasteiger partial charge in [0.25, 0.3) is 0 Å². The second kappa shape index (κ2) is 6.00. The van der Waals surface area contributed by atoms with Crippen LogP contribution in [0.5, 0.6) is 0 Å². The SMILES string of the molecule is CCCNc1nc(N(CC)CC)c2cscc2n1. The summed E-state index contributed by atoms with van der Waals surface area (Å²) in [4.78, 5) is 11.5. The summed E-state index contributed by atoms with van der Waals surface area (Å²) in [7, 11) is 0. The summed E-state index contributed by atoms with van der Waals surface area (Å²) in [5.41, 5.74) is 1.04. The highest BCUT2D eigenvalue weighted by Gasteiger charge is 2.12. The van der Waals surface area contributed by atoms with E-state index >= 15 is 0 Å². The number of aromatic nitrogens is 2. The van der Waals surface area contributed by atoms with Gasteiger partial charge in [0, 0.05) is 30.4 Å². The molecule has 0 atom stereocenters. The lowest BCUT2D eigenvalue weighted by Crippen LogP contribution is -2.23. The third-order valence-electron chi connectivity index (χ3n) is 2.92. The van der Waals surface area contributed by atoms with Gasteiger partial charge in [0.1, 0.15) is 5.82 Å². The number of rotatable bonds is 6. The molecule has 2 rings (SSSR count). The minimum Gasteiger partial charge on any atom is -0.356 e. The molecule has 0 saturated heterocycles. The molecule has 1 N–H and O–H groups in total. The van der Waals surface area contributed by atoms with Crippen molar-refractivity contribution < 1.29 is 0 Å². The topological polar surface area (TPSA) is 41.1 Å². The molecule has 98 valence electrons. The van der Waals surface area contributed by atoms with Gasteiger partial charge in [0.15, 0.2) is 0 Å². The molecule has 0 amide bonds. The molecule has 4 nitrogen and oxygen atoms in total. The summed E-state index contributed by atoms with van der Waals surface area (Å²) in [6.07, 6.45) is 1.08. The van der Waals surface area contributed by atoms with Crippen molar-refractivity contribution in [3.63, 3.8) is 0 Å². The summed E-state index contributed by atoms with van der Waals surface area (Å²) in [5, 5.41) is 8.65. The Bertz CT molecular complexity index is 505. The van der Waals surface area contributed by atoms with Crippen molar-refractivity contribution in [2.75, 3.05) is 29.9 Å². The maximum absolute atomic E-state index is 4.66. The lowest BCUT2D eigenvalue weighted by atomic mass is 10.3. The number of fused-ring (bicyclic) bond motifs is 1. The fourth-order valence-corrected chi connectivity index (χ4v) is 2.66. The normalized spacial score (nSPS) is 10.8. The maximum Gasteiger partial charge on any atom is 0.225 e. The van der Waals surface area contributed by atoms with Gasteiger partial charge in [-0.25, -0.2) is 4.98 Å². The van der Waals surface area contributed by atoms with E-state index in [0.717, 1.165) is 48.7 Å². The van der Waals surface area contributed by atoms with Gasteiger partial charge in [0.2, 0.25) is 5.95 Å². The predicted octanol–water partition coefficient (Wildman–Crippen LogP) is 3.36. The minimum absolute atomic E-state index is 0.740. The average molecular weight is 264 g/mol. The Labute approximate surface area is 112 Å². The van der Waals surface area contributed by atoms with Crippen LogP contribution in [0.2, 0.25) is 0 Å². The molecule has 5 heteroatoms. The Morgan fingerprint density at radius 1 is 1.17 bits per heavy atom. The maximum atomic E-state index is 4.66. The molecule has 2 aromatic rings. The number of thiophene rings is 1. The number of nitrogens with one attached hydrogen (secondary N) is 1. The van der Waals surface area contributed by atoms with Gasteiger partial charge in [-0.2, -0.15) is 4.98 Å². The van der Waals surface area contributed by atoms with Crippen molar-refractivity contribution in [3.8, 4) is 0 Å². The van der Waals surface area contributed by atoms with E-state index in [4.69, 9.17) is 0 Å². The first kappa shape index (κ1) is 13.1. The van der Waals surface area contributed by atoms with Gasteiger partial charge >= 0.3 is 0 Å². The minimum atomic E-state index is 0.740. The van der Waals surface area contributed by atoms with E-state index in [1.165, 1.54) is 0 Å². The van der Waals surface area contributed by atoms with Gasteiger partial charge < -0.3 is 10.2 Å². The van der Waals surface area contributed by atoms with Gasteiger partial charge in [-0.1, -0.05) is 6.92 Å². The molecule has 2 aromatic heterocycles. The molecule has 0 fully saturated rings. The van der Waals surface area contributed by atoms with Crippen molar-refractivity contribution in [1.29, 1.82) is 0 Å². The Kier molecular flexibility index (Phi) is 4.36. The Hall–Kier alpha value is -1.36. The molecule has 0 aliphatic heterocycles. The quantitative estimate of drug-likeness (QED) is 0.868. The summed E-state index contributed by atoms with van der Waals surface area (Å²) < 4.78 is 0. The highest BCUT2D eigenvalue weighted by Crippen LogP contribution is 2.28. The van der Waals surface area contributed by atoms with Gasteiger partial charge in [-0.05, 0) is 20.3 Å². The first-order valence-corrected chi connectivity index (χ1v) is 7.47. The second-order valence-electron chi connectivity index (χ2n) is 4.14. The molecule has 0 spiro atoms. The third-order valence-corrected chi connectivity index (χ3v) is 3.65. The zero-order valence-electron chi connectivity index (χ0n) is 11.2. The summed E-state index contributed by atoms with van der Waals surface area (Å²) in [6.45, 7) is 9.29. The monoisotopic (exact) mass is 264 g/mol. The van der Waals surface area contributed by atoms with E-state index in [2.05, 4.69) is 51.7 Å². The summed E-state index contributed by atoms with van der Waals surface area (Å²) in [5.74, 6) is 1.79. The zero-order chi connectivity index (χ0) is 13.0. The summed E-state index contributed by atoms with van der Waals surface area (Å²) in [6, 6.07) is 0. The first-order chi connectivity index (χ1) is 8.80. The smallest absolute Gasteiger partial charge is 0.225 e. The largest absolute Gasteiger partial charge is 0.356 e. The molecule has 2 heterocycles. The molecular weight excluding hydrogens is 244 g/mol.